The summed E-state index contributed by atoms with van der Waals surface area (Å²) in [5.41, 5.74) is 6.44. The number of anilines is 1. The van der Waals surface area contributed by atoms with Gasteiger partial charge in [-0.1, -0.05) is 13.2 Å². The molecular weight excluding hydrogens is 517 g/mol. The summed E-state index contributed by atoms with van der Waals surface area (Å²) < 4.78 is 45.3. The number of rotatable bonds is 3. The molecule has 4 heterocycles. The van der Waals surface area contributed by atoms with Crippen LogP contribution >= 0.6 is 11.3 Å². The SMILES string of the molecule is C=C/C(F)=c1/sc(N)c(C#N)/c1=C\c1c(F)cc2c3c1cnn3CCC1CN(C(=O)C(=C)F)CCN1C2=O. The number of nitriles is 1. The Morgan fingerprint density at radius 3 is 2.76 bits per heavy atom. The maximum absolute atomic E-state index is 15.7. The second-order valence-corrected chi connectivity index (χ2v) is 9.99. The highest BCUT2D eigenvalue weighted by Crippen LogP contribution is 2.31. The van der Waals surface area contributed by atoms with Gasteiger partial charge >= 0.3 is 0 Å². The van der Waals surface area contributed by atoms with E-state index in [9.17, 15) is 23.6 Å². The first-order chi connectivity index (χ1) is 18.2. The quantitative estimate of drug-likeness (QED) is 0.515. The van der Waals surface area contributed by atoms with Crippen molar-refractivity contribution in [3.05, 3.63) is 69.6 Å². The summed E-state index contributed by atoms with van der Waals surface area (Å²) in [7, 11) is 0. The fourth-order valence-electron chi connectivity index (χ4n) is 5.03. The molecular formula is C26H21F3N6O2S. The monoisotopic (exact) mass is 538 g/mol. The molecule has 38 heavy (non-hydrogen) atoms. The molecule has 5 rings (SSSR count). The first-order valence-corrected chi connectivity index (χ1v) is 12.4. The van der Waals surface area contributed by atoms with Crippen molar-refractivity contribution in [2.75, 3.05) is 25.4 Å². The summed E-state index contributed by atoms with van der Waals surface area (Å²) in [6, 6.07) is 2.62. The van der Waals surface area contributed by atoms with E-state index in [2.05, 4.69) is 18.3 Å². The van der Waals surface area contributed by atoms with Crippen LogP contribution in [0.2, 0.25) is 0 Å². The van der Waals surface area contributed by atoms with Crippen molar-refractivity contribution >= 4 is 51.0 Å². The Morgan fingerprint density at radius 1 is 1.32 bits per heavy atom. The van der Waals surface area contributed by atoms with Gasteiger partial charge in [-0.15, -0.1) is 11.3 Å². The van der Waals surface area contributed by atoms with Gasteiger partial charge in [-0.25, -0.2) is 13.2 Å². The number of fused-ring (bicyclic) bond motifs is 1. The number of halogens is 3. The maximum atomic E-state index is 15.7. The molecule has 2 N–H and O–H groups in total. The van der Waals surface area contributed by atoms with Gasteiger partial charge in [0, 0.05) is 42.3 Å². The molecule has 1 fully saturated rings. The van der Waals surface area contributed by atoms with E-state index >= 15 is 4.39 Å². The molecule has 2 amide bonds. The first kappa shape index (κ1) is 25.3. The van der Waals surface area contributed by atoms with Crippen LogP contribution in [0.4, 0.5) is 18.2 Å². The average Bonchev–Trinajstić information content (AvgIpc) is 3.46. The van der Waals surface area contributed by atoms with Gasteiger partial charge in [0.15, 0.2) is 5.83 Å². The summed E-state index contributed by atoms with van der Waals surface area (Å²) >= 11 is 0.855. The lowest BCUT2D eigenvalue weighted by atomic mass is 9.99. The van der Waals surface area contributed by atoms with Crippen molar-refractivity contribution < 1.29 is 22.8 Å². The number of carbonyl (C=O) groups is 2. The number of thiophene rings is 1. The number of amides is 2. The van der Waals surface area contributed by atoms with Gasteiger partial charge in [0.1, 0.15) is 22.7 Å². The Morgan fingerprint density at radius 2 is 2.08 bits per heavy atom. The van der Waals surface area contributed by atoms with Crippen molar-refractivity contribution in [2.24, 2.45) is 0 Å². The van der Waals surface area contributed by atoms with E-state index in [0.29, 0.717) is 23.9 Å². The second-order valence-electron chi connectivity index (χ2n) is 8.94. The molecule has 12 heteroatoms. The topological polar surface area (TPSA) is 108 Å². The molecule has 0 bridgehead atoms. The van der Waals surface area contributed by atoms with E-state index in [0.717, 1.165) is 23.5 Å². The van der Waals surface area contributed by atoms with Crippen LogP contribution in [0.5, 0.6) is 0 Å². The molecule has 0 radical (unpaired) electrons. The third kappa shape index (κ3) is 3.95. The van der Waals surface area contributed by atoms with Gasteiger partial charge in [0.2, 0.25) is 0 Å². The van der Waals surface area contributed by atoms with Crippen LogP contribution in [-0.2, 0) is 11.3 Å². The maximum Gasteiger partial charge on any atom is 0.282 e. The van der Waals surface area contributed by atoms with Crippen LogP contribution in [0.25, 0.3) is 22.8 Å². The molecule has 3 aromatic rings. The number of aryl methyl sites for hydroxylation is 1. The fraction of sp³-hybridized carbons (Fsp3) is 0.231. The van der Waals surface area contributed by atoms with E-state index in [-0.39, 0.29) is 51.1 Å². The highest BCUT2D eigenvalue weighted by Gasteiger charge is 2.36. The van der Waals surface area contributed by atoms with Gasteiger partial charge in [-0.3, -0.25) is 14.3 Å². The summed E-state index contributed by atoms with van der Waals surface area (Å²) in [6.07, 6.45) is 4.16. The molecule has 2 aliphatic rings. The largest absolute Gasteiger partial charge is 0.389 e. The number of benzene rings is 1. The van der Waals surface area contributed by atoms with Crippen LogP contribution in [0, 0.1) is 17.1 Å². The molecule has 8 nitrogen and oxygen atoms in total. The molecule has 0 saturated carbocycles. The van der Waals surface area contributed by atoms with Crippen LogP contribution in [0.15, 0.2) is 37.3 Å². The number of hydrogen-bond donors (Lipinski definition) is 1. The first-order valence-electron chi connectivity index (χ1n) is 11.6. The van der Waals surface area contributed by atoms with Gasteiger partial charge in [0.05, 0.1) is 33.4 Å². The summed E-state index contributed by atoms with van der Waals surface area (Å²) in [5.74, 6) is -3.80. The Labute approximate surface area is 218 Å². The van der Waals surface area contributed by atoms with E-state index < -0.39 is 35.3 Å². The zero-order valence-corrected chi connectivity index (χ0v) is 20.8. The number of aromatic nitrogens is 2. The number of nitrogens with zero attached hydrogens (tertiary/aromatic N) is 5. The number of piperazine rings is 1. The van der Waals surface area contributed by atoms with Crippen LogP contribution in [0.1, 0.15) is 27.9 Å². The molecule has 0 spiro atoms. The predicted molar refractivity (Wildman–Crippen MR) is 137 cm³/mol. The molecule has 0 aliphatic carbocycles. The van der Waals surface area contributed by atoms with E-state index in [4.69, 9.17) is 5.73 Å². The van der Waals surface area contributed by atoms with E-state index in [1.165, 1.54) is 17.2 Å². The third-order valence-corrected chi connectivity index (χ3v) is 7.89. The second kappa shape index (κ2) is 9.50. The number of nitrogen functional groups attached to an aromatic ring is 1. The normalized spacial score (nSPS) is 18.5. The lowest BCUT2D eigenvalue weighted by Gasteiger charge is -2.42. The molecule has 194 valence electrons. The van der Waals surface area contributed by atoms with Gasteiger partial charge in [-0.2, -0.15) is 10.4 Å². The number of allylic oxidation sites excluding steroid dienone is 1. The molecule has 1 atom stereocenters. The number of hydrogen-bond acceptors (Lipinski definition) is 6. The van der Waals surface area contributed by atoms with Crippen molar-refractivity contribution in [1.29, 1.82) is 5.26 Å². The lowest BCUT2D eigenvalue weighted by Crippen LogP contribution is -2.57. The average molecular weight is 539 g/mol. The molecule has 1 aromatic carbocycles. The van der Waals surface area contributed by atoms with E-state index in [1.807, 2.05) is 6.07 Å². The van der Waals surface area contributed by atoms with E-state index in [1.54, 1.807) is 9.58 Å². The van der Waals surface area contributed by atoms with Gasteiger partial charge < -0.3 is 15.5 Å². The Balaban J connectivity index is 1.66. The predicted octanol–water partition coefficient (Wildman–Crippen LogP) is 2.32. The Hall–Kier alpha value is -4.37. The number of nitrogens with two attached hydrogens (primary N) is 1. The van der Waals surface area contributed by atoms with Crippen LogP contribution < -0.4 is 15.5 Å². The standard InChI is InChI=1S/C26H21F3N6O2S/c1-3-20(28)23-16(18(10-30)24(31)38-23)8-15-19-11-32-35-5-4-14-12-33(25(36)13(2)27)6-7-34(14)26(37)17(22(19)35)9-21(15)29/h3,8-9,11,14H,1-2,4-7,12,31H2/b16-8+,23-20-. The number of carbonyl (C=O) groups excluding carboxylic acids is 2. The van der Waals surface area contributed by atoms with Crippen molar-refractivity contribution in [1.82, 2.24) is 19.6 Å². The van der Waals surface area contributed by atoms with Crippen molar-refractivity contribution in [2.45, 2.75) is 19.0 Å². The Kier molecular flexibility index (Phi) is 6.32. The fourth-order valence-corrected chi connectivity index (χ4v) is 5.96. The van der Waals surface area contributed by atoms with Crippen LogP contribution in [-0.4, -0.2) is 57.1 Å². The van der Waals surface area contributed by atoms with Crippen molar-refractivity contribution in [3.8, 4) is 6.07 Å². The van der Waals surface area contributed by atoms with Crippen molar-refractivity contribution in [3.63, 3.8) is 0 Å². The zero-order valence-electron chi connectivity index (χ0n) is 20.0. The minimum atomic E-state index is -1.07. The molecule has 2 aliphatic heterocycles. The highest BCUT2D eigenvalue weighted by molar-refractivity contribution is 7.14. The highest BCUT2D eigenvalue weighted by atomic mass is 32.1. The molecule has 1 unspecified atom stereocenters. The lowest BCUT2D eigenvalue weighted by molar-refractivity contribution is -0.131. The minimum absolute atomic E-state index is 0.00873. The van der Waals surface area contributed by atoms with Gasteiger partial charge in [0.25, 0.3) is 11.8 Å². The van der Waals surface area contributed by atoms with Gasteiger partial charge in [-0.05, 0) is 24.6 Å². The summed E-state index contributed by atoms with van der Waals surface area (Å²) in [6.45, 7) is 7.20. The molecule has 1 saturated heterocycles. The Bertz CT molecular complexity index is 1720. The third-order valence-electron chi connectivity index (χ3n) is 6.85. The smallest absolute Gasteiger partial charge is 0.282 e. The molecule has 2 aromatic heterocycles. The minimum Gasteiger partial charge on any atom is -0.389 e. The zero-order chi connectivity index (χ0) is 27.3. The summed E-state index contributed by atoms with van der Waals surface area (Å²) in [5, 5.41) is 14.5. The summed E-state index contributed by atoms with van der Waals surface area (Å²) in [4.78, 5) is 28.6. The van der Waals surface area contributed by atoms with Crippen LogP contribution in [0.3, 0.4) is 0 Å².